The molecular formula is C28H33N3O6. The van der Waals surface area contributed by atoms with Gasteiger partial charge in [0.1, 0.15) is 17.2 Å². The number of hydrogen-bond acceptors (Lipinski definition) is 8. The lowest BCUT2D eigenvalue weighted by Crippen LogP contribution is -2.24. The first-order valence-electron chi connectivity index (χ1n) is 12.7. The van der Waals surface area contributed by atoms with Gasteiger partial charge in [0.05, 0.1) is 37.5 Å². The number of rotatable bonds is 11. The third-order valence-electron chi connectivity index (χ3n) is 7.18. The third kappa shape index (κ3) is 5.28. The molecule has 1 unspecified atom stereocenters. The number of aliphatic hydroxyl groups is 1. The van der Waals surface area contributed by atoms with E-state index in [4.69, 9.17) is 24.7 Å². The number of pyridine rings is 1. The summed E-state index contributed by atoms with van der Waals surface area (Å²) in [7, 11) is 1.60. The van der Waals surface area contributed by atoms with E-state index in [1.807, 2.05) is 19.1 Å². The van der Waals surface area contributed by atoms with Crippen molar-refractivity contribution in [1.82, 2.24) is 9.88 Å². The van der Waals surface area contributed by atoms with Crippen molar-refractivity contribution in [2.24, 2.45) is 11.1 Å². The van der Waals surface area contributed by atoms with Gasteiger partial charge in [-0.15, -0.1) is 0 Å². The van der Waals surface area contributed by atoms with Crippen LogP contribution in [0.15, 0.2) is 42.6 Å². The minimum atomic E-state index is -0.563. The van der Waals surface area contributed by atoms with E-state index in [2.05, 4.69) is 9.88 Å². The van der Waals surface area contributed by atoms with Gasteiger partial charge in [-0.25, -0.2) is 0 Å². The van der Waals surface area contributed by atoms with Crippen molar-refractivity contribution in [1.29, 1.82) is 0 Å². The van der Waals surface area contributed by atoms with Gasteiger partial charge in [-0.1, -0.05) is 0 Å². The van der Waals surface area contributed by atoms with Crippen molar-refractivity contribution in [2.45, 2.75) is 32.3 Å². The van der Waals surface area contributed by atoms with Crippen molar-refractivity contribution in [3.63, 3.8) is 0 Å². The Kier molecular flexibility index (Phi) is 7.08. The molecule has 1 saturated heterocycles. The molecule has 9 nitrogen and oxygen atoms in total. The minimum absolute atomic E-state index is 0.169. The number of likely N-dealkylation sites (tertiary alicyclic amines) is 1. The second-order valence-electron chi connectivity index (χ2n) is 9.70. The maximum Gasteiger partial charge on any atom is 0.252 e. The van der Waals surface area contributed by atoms with Crippen molar-refractivity contribution in [3.05, 3.63) is 48.2 Å². The topological polar surface area (TPSA) is 116 Å². The highest BCUT2D eigenvalue weighted by Crippen LogP contribution is 2.52. The third-order valence-corrected chi connectivity index (χ3v) is 7.18. The summed E-state index contributed by atoms with van der Waals surface area (Å²) in [5, 5.41) is 11.0. The van der Waals surface area contributed by atoms with Crippen LogP contribution in [0.5, 0.6) is 28.7 Å². The summed E-state index contributed by atoms with van der Waals surface area (Å²) in [5.41, 5.74) is 6.62. The predicted molar refractivity (Wildman–Crippen MR) is 139 cm³/mol. The van der Waals surface area contributed by atoms with Gasteiger partial charge >= 0.3 is 0 Å². The lowest BCUT2D eigenvalue weighted by atomic mass is 10.0. The molecule has 5 rings (SSSR count). The Labute approximate surface area is 216 Å². The number of β-amino-alcohol motifs (C(OH)–C–C–N with tert-alkyl or cyclic N) is 1. The Morgan fingerprint density at radius 2 is 1.97 bits per heavy atom. The fourth-order valence-corrected chi connectivity index (χ4v) is 5.01. The van der Waals surface area contributed by atoms with Crippen LogP contribution >= 0.6 is 0 Å². The van der Waals surface area contributed by atoms with Crippen molar-refractivity contribution >= 4 is 16.8 Å². The van der Waals surface area contributed by atoms with Gasteiger partial charge in [0.2, 0.25) is 0 Å². The smallest absolute Gasteiger partial charge is 0.252 e. The minimum Gasteiger partial charge on any atom is -0.493 e. The van der Waals surface area contributed by atoms with Gasteiger partial charge in [-0.3, -0.25) is 14.7 Å². The predicted octanol–water partition coefficient (Wildman–Crippen LogP) is 3.76. The fraction of sp³-hybridized carbons (Fsp3) is 0.429. The second kappa shape index (κ2) is 10.4. The molecule has 3 aromatic rings. The molecule has 2 aromatic carbocycles. The number of hydrogen-bond donors (Lipinski definition) is 2. The Morgan fingerprint density at radius 1 is 1.14 bits per heavy atom. The van der Waals surface area contributed by atoms with Crippen LogP contribution in [0.4, 0.5) is 0 Å². The van der Waals surface area contributed by atoms with Crippen LogP contribution < -0.4 is 24.7 Å². The number of ether oxygens (including phenoxy) is 4. The normalized spacial score (nSPS) is 18.2. The zero-order valence-electron chi connectivity index (χ0n) is 21.2. The van der Waals surface area contributed by atoms with Gasteiger partial charge < -0.3 is 29.8 Å². The number of aliphatic hydroxyl groups excluding tert-OH is 1. The van der Waals surface area contributed by atoms with Gasteiger partial charge in [0.25, 0.3) is 5.91 Å². The van der Waals surface area contributed by atoms with Crippen LogP contribution in [-0.4, -0.2) is 67.0 Å². The Morgan fingerprint density at radius 3 is 2.68 bits per heavy atom. The first-order chi connectivity index (χ1) is 17.9. The maximum absolute atomic E-state index is 11.7. The number of aromatic nitrogens is 1. The summed E-state index contributed by atoms with van der Waals surface area (Å²) in [5.74, 6) is 2.08. The highest BCUT2D eigenvalue weighted by Gasteiger charge is 2.54. The van der Waals surface area contributed by atoms with Crippen molar-refractivity contribution in [3.8, 4) is 28.7 Å². The monoisotopic (exact) mass is 507 g/mol. The molecule has 1 aliphatic heterocycles. The number of nitrogens with two attached hydrogens (primary N) is 1. The molecule has 1 aliphatic carbocycles. The number of methoxy groups -OCH3 is 1. The number of fused-ring (bicyclic) bond motifs is 1. The van der Waals surface area contributed by atoms with E-state index in [-0.39, 0.29) is 11.5 Å². The number of carbonyl (C=O) groups is 1. The lowest BCUT2D eigenvalue weighted by molar-refractivity contribution is 0.0996. The standard InChI is InChI=1S/C28H33N3O6/c1-3-35-23-13-18(5-6-19(23)27(29)33)37-22-7-10-30-21-15-25(24(34-2)14-20(21)22)36-12-4-11-31-16-26(32)28(17-31)8-9-28/h5-7,10,13-15,26,32H,3-4,8-9,11-12,16-17H2,1-2H3,(H2,29,33). The molecule has 196 valence electrons. The molecule has 2 aliphatic rings. The van der Waals surface area contributed by atoms with Gasteiger partial charge in [-0.05, 0) is 50.5 Å². The molecule has 1 atom stereocenters. The summed E-state index contributed by atoms with van der Waals surface area (Å²) in [6, 6.07) is 10.4. The summed E-state index contributed by atoms with van der Waals surface area (Å²) >= 11 is 0. The van der Waals surface area contributed by atoms with Crippen LogP contribution in [0, 0.1) is 5.41 Å². The van der Waals surface area contributed by atoms with Crippen LogP contribution in [0.25, 0.3) is 10.9 Å². The summed E-state index contributed by atoms with van der Waals surface area (Å²) in [4.78, 5) is 18.5. The SMILES string of the molecule is CCOc1cc(Oc2ccnc3cc(OCCCN4CC(O)C5(CC5)C4)c(OC)cc23)ccc1C(N)=O. The Hall–Kier alpha value is -3.56. The molecule has 2 heterocycles. The maximum atomic E-state index is 11.7. The van der Waals surface area contributed by atoms with Crippen LogP contribution in [-0.2, 0) is 0 Å². The largest absolute Gasteiger partial charge is 0.493 e. The van der Waals surface area contributed by atoms with Crippen LogP contribution in [0.3, 0.4) is 0 Å². The molecular weight excluding hydrogens is 474 g/mol. The molecule has 2 fully saturated rings. The molecule has 9 heteroatoms. The fourth-order valence-electron chi connectivity index (χ4n) is 5.01. The molecule has 1 amide bonds. The number of carbonyl (C=O) groups excluding carboxylic acids is 1. The van der Waals surface area contributed by atoms with E-state index in [0.717, 1.165) is 44.3 Å². The van der Waals surface area contributed by atoms with E-state index in [1.54, 1.807) is 37.6 Å². The highest BCUT2D eigenvalue weighted by molar-refractivity contribution is 5.96. The first-order valence-corrected chi connectivity index (χ1v) is 12.7. The second-order valence-corrected chi connectivity index (χ2v) is 9.70. The van der Waals surface area contributed by atoms with E-state index in [0.29, 0.717) is 53.0 Å². The number of nitrogens with zero attached hydrogens (tertiary/aromatic N) is 2. The van der Waals surface area contributed by atoms with Gasteiger partial charge in [0, 0.05) is 48.8 Å². The van der Waals surface area contributed by atoms with E-state index < -0.39 is 5.91 Å². The molecule has 1 spiro atoms. The molecule has 3 N–H and O–H groups in total. The van der Waals surface area contributed by atoms with Crippen molar-refractivity contribution in [2.75, 3.05) is 40.0 Å². The zero-order valence-corrected chi connectivity index (χ0v) is 21.2. The number of amides is 1. The summed E-state index contributed by atoms with van der Waals surface area (Å²) in [6.45, 7) is 5.39. The van der Waals surface area contributed by atoms with E-state index in [9.17, 15) is 9.90 Å². The van der Waals surface area contributed by atoms with Crippen LogP contribution in [0.1, 0.15) is 36.5 Å². The summed E-state index contributed by atoms with van der Waals surface area (Å²) < 4.78 is 23.4. The Bertz CT molecular complexity index is 1290. The van der Waals surface area contributed by atoms with Gasteiger partial charge in [-0.2, -0.15) is 0 Å². The molecule has 0 radical (unpaired) electrons. The summed E-state index contributed by atoms with van der Waals surface area (Å²) in [6.07, 6.45) is 4.61. The highest BCUT2D eigenvalue weighted by atomic mass is 16.5. The van der Waals surface area contributed by atoms with Crippen molar-refractivity contribution < 1.29 is 28.8 Å². The molecule has 1 saturated carbocycles. The van der Waals surface area contributed by atoms with Crippen LogP contribution in [0.2, 0.25) is 0 Å². The van der Waals surface area contributed by atoms with E-state index >= 15 is 0 Å². The lowest BCUT2D eigenvalue weighted by Gasteiger charge is -2.17. The van der Waals surface area contributed by atoms with E-state index in [1.165, 1.54) is 0 Å². The van der Waals surface area contributed by atoms with Gasteiger partial charge in [0.15, 0.2) is 11.5 Å². The quantitative estimate of drug-likeness (QED) is 0.377. The molecule has 0 bridgehead atoms. The first kappa shape index (κ1) is 25.1. The molecule has 37 heavy (non-hydrogen) atoms. The zero-order chi connectivity index (χ0) is 26.0. The average Bonchev–Trinajstić information content (AvgIpc) is 3.60. The number of primary amides is 1. The number of benzene rings is 2. The average molecular weight is 508 g/mol. The Balaban J connectivity index is 1.29. The molecule has 1 aromatic heterocycles.